The van der Waals surface area contributed by atoms with E-state index in [9.17, 15) is 30.4 Å². The zero-order valence-electron chi connectivity index (χ0n) is 5.59. The van der Waals surface area contributed by atoms with E-state index in [0.29, 0.717) is 0 Å². The number of halogens is 5. The number of aliphatic hydroxyl groups is 1. The third-order valence-electron chi connectivity index (χ3n) is 0.972. The SMILES string of the molecule is O=S(=O)(O)C(F)(F)C(O)C(F)(F)F.[NaH]. The molecule has 82 valence electrons. The molecule has 1 unspecified atom stereocenters. The fourth-order valence-electron chi connectivity index (χ4n) is 0.332. The van der Waals surface area contributed by atoms with Gasteiger partial charge < -0.3 is 5.11 Å². The molecule has 0 aliphatic carbocycles. The van der Waals surface area contributed by atoms with Crippen LogP contribution in [0, 0.1) is 0 Å². The van der Waals surface area contributed by atoms with Gasteiger partial charge in [-0.25, -0.2) is 0 Å². The summed E-state index contributed by atoms with van der Waals surface area (Å²) in [6.45, 7) is 0. The van der Waals surface area contributed by atoms with Crippen LogP contribution in [0.25, 0.3) is 0 Å². The van der Waals surface area contributed by atoms with E-state index >= 15 is 0 Å². The van der Waals surface area contributed by atoms with E-state index in [-0.39, 0.29) is 29.6 Å². The number of aliphatic hydroxyl groups excluding tert-OH is 1. The molecule has 0 saturated carbocycles. The standard InChI is InChI=1S/C3H3F5O4S.Na.H/c4-2(5,6)1(9)3(7,8)13(10,11)12;;/h1,9H,(H,10,11,12);;. The fraction of sp³-hybridized carbons (Fsp3) is 1.00. The van der Waals surface area contributed by atoms with Crippen molar-refractivity contribution in [3.63, 3.8) is 0 Å². The first-order valence-electron chi connectivity index (χ1n) is 2.50. The van der Waals surface area contributed by atoms with E-state index in [1.165, 1.54) is 0 Å². The van der Waals surface area contributed by atoms with Crippen LogP contribution in [0.4, 0.5) is 22.0 Å². The molecular weight excluding hydrogens is 250 g/mol. The van der Waals surface area contributed by atoms with E-state index in [1.54, 1.807) is 0 Å². The van der Waals surface area contributed by atoms with E-state index in [4.69, 9.17) is 9.66 Å². The van der Waals surface area contributed by atoms with Gasteiger partial charge in [-0.3, -0.25) is 4.55 Å². The average molecular weight is 254 g/mol. The number of hydrogen-bond donors (Lipinski definition) is 2. The third-order valence-corrected chi connectivity index (χ3v) is 1.88. The maximum absolute atomic E-state index is 12.0. The molecule has 0 aromatic carbocycles. The monoisotopic (exact) mass is 254 g/mol. The molecule has 0 saturated heterocycles. The van der Waals surface area contributed by atoms with Gasteiger partial charge in [0, 0.05) is 0 Å². The molecule has 0 bridgehead atoms. The van der Waals surface area contributed by atoms with Crippen molar-refractivity contribution in [2.45, 2.75) is 17.5 Å². The third kappa shape index (κ3) is 3.59. The molecule has 2 N–H and O–H groups in total. The van der Waals surface area contributed by atoms with Gasteiger partial charge in [0.05, 0.1) is 0 Å². The van der Waals surface area contributed by atoms with Crippen molar-refractivity contribution in [2.24, 2.45) is 0 Å². The second-order valence-corrected chi connectivity index (χ2v) is 3.48. The minimum atomic E-state index is -6.29. The maximum atomic E-state index is 12.0. The van der Waals surface area contributed by atoms with Gasteiger partial charge in [0.2, 0.25) is 6.10 Å². The Morgan fingerprint density at radius 1 is 1.07 bits per heavy atom. The normalized spacial score (nSPS) is 15.9. The van der Waals surface area contributed by atoms with Crippen LogP contribution < -0.4 is 0 Å². The Morgan fingerprint density at radius 3 is 1.43 bits per heavy atom. The van der Waals surface area contributed by atoms with Gasteiger partial charge in [0.25, 0.3) is 0 Å². The van der Waals surface area contributed by atoms with Gasteiger partial charge in [-0.05, 0) is 0 Å². The predicted molar refractivity (Wildman–Crippen MR) is 35.7 cm³/mol. The van der Waals surface area contributed by atoms with Gasteiger partial charge >= 0.3 is 51.1 Å². The summed E-state index contributed by atoms with van der Waals surface area (Å²) in [5, 5.41) is 2.17. The summed E-state index contributed by atoms with van der Waals surface area (Å²) in [7, 11) is -6.29. The van der Waals surface area contributed by atoms with E-state index in [0.717, 1.165) is 0 Å². The van der Waals surface area contributed by atoms with Crippen LogP contribution in [-0.2, 0) is 10.1 Å². The molecule has 0 aromatic rings. The van der Waals surface area contributed by atoms with Crippen molar-refractivity contribution >= 4 is 39.7 Å². The summed E-state index contributed by atoms with van der Waals surface area (Å²) in [6, 6.07) is 0. The molecule has 14 heavy (non-hydrogen) atoms. The molecule has 0 aliphatic heterocycles. The van der Waals surface area contributed by atoms with Crippen LogP contribution >= 0.6 is 0 Å². The minimum absolute atomic E-state index is 0. The molecule has 1 atom stereocenters. The quantitative estimate of drug-likeness (QED) is 0.404. The molecule has 4 nitrogen and oxygen atoms in total. The molecule has 0 aromatic heterocycles. The van der Waals surface area contributed by atoms with Gasteiger partial charge in [-0.2, -0.15) is 30.4 Å². The van der Waals surface area contributed by atoms with Crippen molar-refractivity contribution in [3.8, 4) is 0 Å². The zero-order valence-corrected chi connectivity index (χ0v) is 6.40. The van der Waals surface area contributed by atoms with E-state index in [1.807, 2.05) is 0 Å². The van der Waals surface area contributed by atoms with Gasteiger partial charge in [0.1, 0.15) is 0 Å². The number of alkyl halides is 5. The average Bonchev–Trinajstić information content (AvgIpc) is 1.81. The molecular formula is C3H4F5NaO4S. The molecule has 0 heterocycles. The molecule has 0 spiro atoms. The van der Waals surface area contributed by atoms with Crippen molar-refractivity contribution in [1.29, 1.82) is 0 Å². The molecule has 11 heteroatoms. The fourth-order valence-corrected chi connectivity index (χ4v) is 0.747. The van der Waals surface area contributed by atoms with Crippen LogP contribution in [0.3, 0.4) is 0 Å². The van der Waals surface area contributed by atoms with Crippen LogP contribution in [0.1, 0.15) is 0 Å². The summed E-state index contributed by atoms with van der Waals surface area (Å²) in [5.41, 5.74) is 0. The number of hydrogen-bond acceptors (Lipinski definition) is 3. The Bertz CT molecular complexity index is 284. The van der Waals surface area contributed by atoms with E-state index < -0.39 is 27.7 Å². The summed E-state index contributed by atoms with van der Waals surface area (Å²) in [6.07, 6.45) is -10.3. The summed E-state index contributed by atoms with van der Waals surface area (Å²) < 4.78 is 85.1. The molecule has 0 radical (unpaired) electrons. The number of rotatable bonds is 2. The molecule has 0 rings (SSSR count). The van der Waals surface area contributed by atoms with Gasteiger partial charge in [-0.1, -0.05) is 0 Å². The van der Waals surface area contributed by atoms with Gasteiger partial charge in [-0.15, -0.1) is 0 Å². The predicted octanol–water partition coefficient (Wildman–Crippen LogP) is -0.258. The van der Waals surface area contributed by atoms with Crippen LogP contribution in [0.5, 0.6) is 0 Å². The molecule has 0 aliphatic rings. The van der Waals surface area contributed by atoms with E-state index in [2.05, 4.69) is 0 Å². The Hall–Kier alpha value is 0.520. The van der Waals surface area contributed by atoms with Crippen LogP contribution in [-0.4, -0.2) is 65.2 Å². The first-order valence-corrected chi connectivity index (χ1v) is 3.94. The summed E-state index contributed by atoms with van der Waals surface area (Å²) in [5.74, 6) is 0. The Kier molecular flexibility index (Phi) is 5.53. The van der Waals surface area contributed by atoms with Crippen LogP contribution in [0.15, 0.2) is 0 Å². The first-order chi connectivity index (χ1) is 5.40. The molecule has 0 amide bonds. The topological polar surface area (TPSA) is 74.6 Å². The van der Waals surface area contributed by atoms with Crippen LogP contribution in [0.2, 0.25) is 0 Å². The summed E-state index contributed by atoms with van der Waals surface area (Å²) >= 11 is 0. The Balaban J connectivity index is 0. The van der Waals surface area contributed by atoms with Crippen molar-refractivity contribution < 1.29 is 40.0 Å². The van der Waals surface area contributed by atoms with Crippen molar-refractivity contribution in [1.82, 2.24) is 0 Å². The summed E-state index contributed by atoms with van der Waals surface area (Å²) in [4.78, 5) is 0. The van der Waals surface area contributed by atoms with Crippen molar-refractivity contribution in [3.05, 3.63) is 0 Å². The Morgan fingerprint density at radius 2 is 1.36 bits per heavy atom. The van der Waals surface area contributed by atoms with Crippen molar-refractivity contribution in [2.75, 3.05) is 0 Å². The first kappa shape index (κ1) is 16.9. The Labute approximate surface area is 97.1 Å². The van der Waals surface area contributed by atoms with Gasteiger partial charge in [0.15, 0.2) is 0 Å². The second kappa shape index (κ2) is 4.58. The second-order valence-electron chi connectivity index (χ2n) is 1.98. The zero-order chi connectivity index (χ0) is 11.1. The molecule has 0 fully saturated rings.